The average Bonchev–Trinajstić information content (AvgIpc) is 2.86. The molecule has 1 amide bonds. The molecule has 0 radical (unpaired) electrons. The molecule has 0 bridgehead atoms. The molecule has 0 unspecified atom stereocenters. The second kappa shape index (κ2) is 10.2. The second-order valence-corrected chi connectivity index (χ2v) is 9.63. The quantitative estimate of drug-likeness (QED) is 0.474. The van der Waals surface area contributed by atoms with Crippen molar-refractivity contribution in [3.05, 3.63) is 77.8 Å². The SMILES string of the molecule is COc1ccc(S(=O)(=O)N2C[C@H](C(=O)NCCOc3ccccc3Cl)Oc3ccccc32)cc1. The van der Waals surface area contributed by atoms with Crippen molar-refractivity contribution >= 4 is 33.2 Å². The molecule has 1 heterocycles. The van der Waals surface area contributed by atoms with Crippen molar-refractivity contribution < 1.29 is 27.4 Å². The molecule has 0 saturated carbocycles. The minimum Gasteiger partial charge on any atom is -0.497 e. The van der Waals surface area contributed by atoms with Gasteiger partial charge in [0.25, 0.3) is 15.9 Å². The normalized spacial score (nSPS) is 15.1. The Bertz CT molecular complexity index is 1270. The lowest BCUT2D eigenvalue weighted by atomic mass is 10.2. The van der Waals surface area contributed by atoms with Crippen LogP contribution in [0.2, 0.25) is 5.02 Å². The maximum atomic E-state index is 13.4. The molecule has 1 aliphatic rings. The van der Waals surface area contributed by atoms with E-state index in [1.54, 1.807) is 60.7 Å². The largest absolute Gasteiger partial charge is 0.497 e. The fraction of sp³-hybridized carbons (Fsp3) is 0.208. The van der Waals surface area contributed by atoms with Gasteiger partial charge in [0.2, 0.25) is 0 Å². The number of rotatable bonds is 8. The average molecular weight is 503 g/mol. The summed E-state index contributed by atoms with van der Waals surface area (Å²) in [7, 11) is -2.45. The van der Waals surface area contributed by atoms with Crippen LogP contribution in [0.4, 0.5) is 5.69 Å². The van der Waals surface area contributed by atoms with E-state index in [-0.39, 0.29) is 24.6 Å². The van der Waals surface area contributed by atoms with E-state index >= 15 is 0 Å². The third-order valence-corrected chi connectivity index (χ3v) is 7.28. The standard InChI is InChI=1S/C24H23ClN2O6S/c1-31-17-10-12-18(13-11-17)34(29,30)27-16-23(33-22-9-5-3-7-20(22)27)24(28)26-14-15-32-21-8-4-2-6-19(21)25/h2-13,23H,14-16H2,1H3,(H,26,28)/t23-/m1/s1. The number of methoxy groups -OCH3 is 1. The van der Waals surface area contributed by atoms with Gasteiger partial charge in [-0.1, -0.05) is 35.9 Å². The van der Waals surface area contributed by atoms with Crippen LogP contribution in [0, 0.1) is 0 Å². The number of carbonyl (C=O) groups is 1. The fourth-order valence-corrected chi connectivity index (χ4v) is 5.12. The van der Waals surface area contributed by atoms with E-state index in [2.05, 4.69) is 5.32 Å². The van der Waals surface area contributed by atoms with Gasteiger partial charge < -0.3 is 19.5 Å². The predicted molar refractivity (Wildman–Crippen MR) is 128 cm³/mol. The summed E-state index contributed by atoms with van der Waals surface area (Å²) in [6, 6.07) is 19.8. The molecule has 3 aromatic rings. The summed E-state index contributed by atoms with van der Waals surface area (Å²) in [4.78, 5) is 12.9. The molecule has 0 aliphatic carbocycles. The Morgan fingerprint density at radius 1 is 1.09 bits per heavy atom. The number of nitrogens with zero attached hydrogens (tertiary/aromatic N) is 1. The number of amides is 1. The van der Waals surface area contributed by atoms with Crippen LogP contribution in [0.25, 0.3) is 0 Å². The zero-order valence-corrected chi connectivity index (χ0v) is 19.9. The minimum atomic E-state index is -3.95. The number of nitrogens with one attached hydrogen (secondary N) is 1. The number of hydrogen-bond donors (Lipinski definition) is 1. The Balaban J connectivity index is 1.47. The summed E-state index contributed by atoms with van der Waals surface area (Å²) in [5.41, 5.74) is 0.365. The van der Waals surface area contributed by atoms with E-state index < -0.39 is 22.0 Å². The molecular formula is C24H23ClN2O6S. The van der Waals surface area contributed by atoms with E-state index in [4.69, 9.17) is 25.8 Å². The van der Waals surface area contributed by atoms with Crippen LogP contribution in [-0.2, 0) is 14.8 Å². The molecule has 0 aromatic heterocycles. The van der Waals surface area contributed by atoms with Gasteiger partial charge in [-0.05, 0) is 48.5 Å². The molecule has 34 heavy (non-hydrogen) atoms. The van der Waals surface area contributed by atoms with Crippen LogP contribution in [0.15, 0.2) is 77.7 Å². The van der Waals surface area contributed by atoms with Crippen LogP contribution < -0.4 is 23.8 Å². The van der Waals surface area contributed by atoms with Crippen molar-refractivity contribution in [2.45, 2.75) is 11.0 Å². The number of benzene rings is 3. The van der Waals surface area contributed by atoms with Gasteiger partial charge in [-0.3, -0.25) is 9.10 Å². The molecule has 178 valence electrons. The first-order chi connectivity index (χ1) is 16.4. The maximum Gasteiger partial charge on any atom is 0.264 e. The minimum absolute atomic E-state index is 0.0808. The Morgan fingerprint density at radius 2 is 1.79 bits per heavy atom. The highest BCUT2D eigenvalue weighted by Gasteiger charge is 2.37. The number of sulfonamides is 1. The maximum absolute atomic E-state index is 13.4. The molecule has 0 fully saturated rings. The number of para-hydroxylation sites is 3. The van der Waals surface area contributed by atoms with Crippen LogP contribution in [-0.4, -0.2) is 47.2 Å². The van der Waals surface area contributed by atoms with Gasteiger partial charge in [0, 0.05) is 0 Å². The summed E-state index contributed by atoms with van der Waals surface area (Å²) in [6.07, 6.45) is -1.04. The van der Waals surface area contributed by atoms with Gasteiger partial charge in [-0.25, -0.2) is 8.42 Å². The van der Waals surface area contributed by atoms with Gasteiger partial charge in [-0.15, -0.1) is 0 Å². The first-order valence-corrected chi connectivity index (χ1v) is 12.3. The van der Waals surface area contributed by atoms with E-state index in [0.29, 0.717) is 28.0 Å². The molecule has 8 nitrogen and oxygen atoms in total. The van der Waals surface area contributed by atoms with E-state index in [1.165, 1.54) is 23.5 Å². The summed E-state index contributed by atoms with van der Waals surface area (Å²) in [5.74, 6) is 0.904. The predicted octanol–water partition coefficient (Wildman–Crippen LogP) is 3.50. The Morgan fingerprint density at radius 3 is 2.53 bits per heavy atom. The van der Waals surface area contributed by atoms with Crippen molar-refractivity contribution in [1.29, 1.82) is 0 Å². The molecular weight excluding hydrogens is 480 g/mol. The van der Waals surface area contributed by atoms with E-state index in [1.807, 2.05) is 0 Å². The van der Waals surface area contributed by atoms with E-state index in [9.17, 15) is 13.2 Å². The third kappa shape index (κ3) is 5.05. The van der Waals surface area contributed by atoms with Crippen molar-refractivity contribution in [3.63, 3.8) is 0 Å². The summed E-state index contributed by atoms with van der Waals surface area (Å²) < 4.78 is 44.6. The van der Waals surface area contributed by atoms with Gasteiger partial charge in [0.05, 0.1) is 35.8 Å². The van der Waals surface area contributed by atoms with E-state index in [0.717, 1.165) is 0 Å². The smallest absolute Gasteiger partial charge is 0.264 e. The van der Waals surface area contributed by atoms with Gasteiger partial charge in [-0.2, -0.15) is 0 Å². The highest BCUT2D eigenvalue weighted by Crippen LogP contribution is 2.37. The number of halogens is 1. The number of carbonyl (C=O) groups excluding carboxylic acids is 1. The summed E-state index contributed by atoms with van der Waals surface area (Å²) in [5, 5.41) is 3.20. The van der Waals surface area contributed by atoms with Gasteiger partial charge >= 0.3 is 0 Å². The molecule has 4 rings (SSSR count). The van der Waals surface area contributed by atoms with Crippen molar-refractivity contribution in [3.8, 4) is 17.2 Å². The lowest BCUT2D eigenvalue weighted by molar-refractivity contribution is -0.127. The highest BCUT2D eigenvalue weighted by atomic mass is 35.5. The Kier molecular flexibility index (Phi) is 7.14. The second-order valence-electron chi connectivity index (χ2n) is 7.36. The summed E-state index contributed by atoms with van der Waals surface area (Å²) >= 11 is 6.06. The van der Waals surface area contributed by atoms with Gasteiger partial charge in [0.1, 0.15) is 23.9 Å². The number of fused-ring (bicyclic) bond motifs is 1. The van der Waals surface area contributed by atoms with Crippen LogP contribution in [0.3, 0.4) is 0 Å². The van der Waals surface area contributed by atoms with Gasteiger partial charge in [0.15, 0.2) is 6.10 Å². The molecule has 1 N–H and O–H groups in total. The van der Waals surface area contributed by atoms with Crippen LogP contribution in [0.1, 0.15) is 0 Å². The number of hydrogen-bond acceptors (Lipinski definition) is 6. The molecule has 1 atom stereocenters. The topological polar surface area (TPSA) is 94.2 Å². The molecule has 3 aromatic carbocycles. The number of anilines is 1. The van der Waals surface area contributed by atoms with Crippen molar-refractivity contribution in [2.75, 3.05) is 31.1 Å². The Labute approximate surface area is 203 Å². The Hall–Kier alpha value is -3.43. The highest BCUT2D eigenvalue weighted by molar-refractivity contribution is 7.92. The molecule has 1 aliphatic heterocycles. The molecule has 0 saturated heterocycles. The lowest BCUT2D eigenvalue weighted by Crippen LogP contribution is -2.51. The van der Waals surface area contributed by atoms with Crippen LogP contribution >= 0.6 is 11.6 Å². The zero-order chi connectivity index (χ0) is 24.1. The first kappa shape index (κ1) is 23.7. The molecule has 10 heteroatoms. The van der Waals surface area contributed by atoms with Crippen LogP contribution in [0.5, 0.6) is 17.2 Å². The zero-order valence-electron chi connectivity index (χ0n) is 18.3. The van der Waals surface area contributed by atoms with Crippen molar-refractivity contribution in [1.82, 2.24) is 5.32 Å². The molecule has 0 spiro atoms. The third-order valence-electron chi connectivity index (χ3n) is 5.17. The fourth-order valence-electron chi connectivity index (χ4n) is 3.45. The lowest BCUT2D eigenvalue weighted by Gasteiger charge is -2.34. The monoisotopic (exact) mass is 502 g/mol. The number of ether oxygens (including phenoxy) is 3. The summed E-state index contributed by atoms with van der Waals surface area (Å²) in [6.45, 7) is 0.200. The first-order valence-electron chi connectivity index (χ1n) is 10.5. The van der Waals surface area contributed by atoms with Crippen molar-refractivity contribution in [2.24, 2.45) is 0 Å².